The van der Waals surface area contributed by atoms with Gasteiger partial charge in [-0.3, -0.25) is 4.79 Å². The number of aromatic nitrogens is 4. The van der Waals surface area contributed by atoms with Gasteiger partial charge in [-0.25, -0.2) is 9.37 Å². The van der Waals surface area contributed by atoms with Crippen molar-refractivity contribution in [3.63, 3.8) is 0 Å². The van der Waals surface area contributed by atoms with E-state index in [1.54, 1.807) is 43.5 Å². The van der Waals surface area contributed by atoms with Crippen molar-refractivity contribution in [1.82, 2.24) is 24.9 Å². The van der Waals surface area contributed by atoms with E-state index in [0.29, 0.717) is 22.9 Å². The van der Waals surface area contributed by atoms with Gasteiger partial charge in [0.05, 0.1) is 29.0 Å². The van der Waals surface area contributed by atoms with E-state index in [9.17, 15) is 4.79 Å². The highest BCUT2D eigenvalue weighted by molar-refractivity contribution is 6.34. The van der Waals surface area contributed by atoms with Crippen molar-refractivity contribution < 1.29 is 9.18 Å². The second-order valence-electron chi connectivity index (χ2n) is 8.68. The number of benzene rings is 1. The Hall–Kier alpha value is -3.20. The van der Waals surface area contributed by atoms with Gasteiger partial charge in [-0.05, 0) is 31.4 Å². The molecule has 0 unspecified atom stereocenters. The van der Waals surface area contributed by atoms with Crippen molar-refractivity contribution in [2.75, 3.05) is 31.7 Å². The summed E-state index contributed by atoms with van der Waals surface area (Å²) in [7, 11) is 3.11. The number of anilines is 2. The maximum absolute atomic E-state index is 15.5. The van der Waals surface area contributed by atoms with Crippen LogP contribution in [0.2, 0.25) is 5.02 Å². The minimum atomic E-state index is -0.697. The van der Waals surface area contributed by atoms with Crippen molar-refractivity contribution in [2.24, 2.45) is 0 Å². The highest BCUT2D eigenvalue weighted by Gasteiger charge is 2.48. The minimum absolute atomic E-state index is 0.0821. The third-order valence-electron chi connectivity index (χ3n) is 6.57. The van der Waals surface area contributed by atoms with Crippen molar-refractivity contribution >= 4 is 29.0 Å². The van der Waals surface area contributed by atoms with Crippen LogP contribution in [0.15, 0.2) is 30.7 Å². The van der Waals surface area contributed by atoms with Crippen LogP contribution < -0.4 is 11.1 Å². The van der Waals surface area contributed by atoms with Gasteiger partial charge in [-0.2, -0.15) is 15.0 Å². The number of carbonyl (C=O) groups excluding carboxylic acids is 1. The number of hydrogen-bond donors (Lipinski definition) is 2. The molecule has 2 atom stereocenters. The number of carbonyl (C=O) groups is 1. The maximum Gasteiger partial charge on any atom is 0.258 e. The third-order valence-corrected chi connectivity index (χ3v) is 6.96. The van der Waals surface area contributed by atoms with Crippen molar-refractivity contribution in [1.29, 1.82) is 0 Å². The molecule has 10 heteroatoms. The van der Waals surface area contributed by atoms with Crippen molar-refractivity contribution in [3.05, 3.63) is 52.7 Å². The van der Waals surface area contributed by atoms with Gasteiger partial charge in [0.1, 0.15) is 11.6 Å². The monoisotopic (exact) mass is 455 g/mol. The van der Waals surface area contributed by atoms with Crippen LogP contribution in [0.25, 0.3) is 11.1 Å². The summed E-state index contributed by atoms with van der Waals surface area (Å²) in [5, 5.41) is 12.4. The van der Waals surface area contributed by atoms with Crippen LogP contribution in [-0.4, -0.2) is 51.4 Å². The second kappa shape index (κ2) is 7.44. The summed E-state index contributed by atoms with van der Waals surface area (Å²) in [5.41, 5.74) is 7.15. The molecule has 5 rings (SSSR count). The number of amides is 1. The molecule has 1 spiro atoms. The Bertz CT molecular complexity index is 1210. The molecule has 1 fully saturated rings. The summed E-state index contributed by atoms with van der Waals surface area (Å²) in [6.07, 6.45) is 7.50. The first-order valence-corrected chi connectivity index (χ1v) is 10.8. The standard InChI is InChI=1S/C22H23ClFN7O/c1-30(2)21(32)16-15(25)4-3-13(19(16)24)14-10-26-20-17(18(14)23)22(11-27-20)6-5-12(9-22)31-28-7-8-29-31/h3-4,7-8,10,12H,5-6,9,11,25H2,1-2H3,(H,26,27)/t12-,22-/m0/s1. The summed E-state index contributed by atoms with van der Waals surface area (Å²) in [6.45, 7) is 0.699. The van der Waals surface area contributed by atoms with Gasteiger partial charge in [0.2, 0.25) is 0 Å². The SMILES string of the molecule is CN(C)C(=O)c1c(N)ccc(-c2cnc3c(c2Cl)[C@]2(CC[C@H](n4nccn4)C2)CN3)c1F. The quantitative estimate of drug-likeness (QED) is 0.586. The number of nitrogens with zero attached hydrogens (tertiary/aromatic N) is 5. The summed E-state index contributed by atoms with van der Waals surface area (Å²) in [5.74, 6) is -0.485. The van der Waals surface area contributed by atoms with Gasteiger partial charge in [0, 0.05) is 54.6 Å². The highest BCUT2D eigenvalue weighted by atomic mass is 35.5. The molecule has 3 N–H and O–H groups in total. The number of nitrogen functional groups attached to an aromatic ring is 1. The highest BCUT2D eigenvalue weighted by Crippen LogP contribution is 2.54. The number of pyridine rings is 1. The molecule has 3 heterocycles. The molecule has 0 saturated heterocycles. The topological polar surface area (TPSA) is 102 Å². The number of halogens is 2. The van der Waals surface area contributed by atoms with Gasteiger partial charge in [-0.15, -0.1) is 0 Å². The first-order valence-electron chi connectivity index (χ1n) is 10.4. The Balaban J connectivity index is 1.60. The molecule has 166 valence electrons. The lowest BCUT2D eigenvalue weighted by Gasteiger charge is -2.25. The molecule has 1 aliphatic heterocycles. The lowest BCUT2D eigenvalue weighted by atomic mass is 9.80. The predicted molar refractivity (Wildman–Crippen MR) is 120 cm³/mol. The zero-order valence-electron chi connectivity index (χ0n) is 17.8. The lowest BCUT2D eigenvalue weighted by Crippen LogP contribution is -2.26. The summed E-state index contributed by atoms with van der Waals surface area (Å²) in [6, 6.07) is 3.24. The number of rotatable bonds is 3. The Labute approximate surface area is 189 Å². The number of hydrogen-bond acceptors (Lipinski definition) is 6. The zero-order chi connectivity index (χ0) is 22.6. The van der Waals surface area contributed by atoms with E-state index in [1.807, 2.05) is 0 Å². The van der Waals surface area contributed by atoms with Crippen LogP contribution >= 0.6 is 11.6 Å². The summed E-state index contributed by atoms with van der Waals surface area (Å²) in [4.78, 5) is 20.1. The van der Waals surface area contributed by atoms with Crippen molar-refractivity contribution in [2.45, 2.75) is 30.7 Å². The van der Waals surface area contributed by atoms with E-state index in [-0.39, 0.29) is 28.3 Å². The first kappa shape index (κ1) is 20.7. The second-order valence-corrected chi connectivity index (χ2v) is 9.06. The number of nitrogens with one attached hydrogen (secondary N) is 1. The Morgan fingerprint density at radius 2 is 2.06 bits per heavy atom. The maximum atomic E-state index is 15.5. The molecule has 1 amide bonds. The van der Waals surface area contributed by atoms with Gasteiger partial charge in [-0.1, -0.05) is 11.6 Å². The Kier molecular flexibility index (Phi) is 4.81. The van der Waals surface area contributed by atoms with E-state index in [1.165, 1.54) is 11.0 Å². The molecule has 1 aliphatic carbocycles. The minimum Gasteiger partial charge on any atom is -0.398 e. The predicted octanol–water partition coefficient (Wildman–Crippen LogP) is 3.51. The molecule has 2 aromatic heterocycles. The summed E-state index contributed by atoms with van der Waals surface area (Å²) < 4.78 is 15.5. The molecule has 1 aromatic carbocycles. The average Bonchev–Trinajstić information content (AvgIpc) is 3.50. The van der Waals surface area contributed by atoms with E-state index < -0.39 is 11.7 Å². The molecular weight excluding hydrogens is 433 g/mol. The molecule has 1 saturated carbocycles. The molecule has 0 bridgehead atoms. The van der Waals surface area contributed by atoms with Crippen LogP contribution in [0.4, 0.5) is 15.9 Å². The van der Waals surface area contributed by atoms with Crippen LogP contribution in [0, 0.1) is 5.82 Å². The van der Waals surface area contributed by atoms with E-state index >= 15 is 4.39 Å². The van der Waals surface area contributed by atoms with E-state index in [4.69, 9.17) is 17.3 Å². The Morgan fingerprint density at radius 3 is 2.78 bits per heavy atom. The fraction of sp³-hybridized carbons (Fsp3) is 0.364. The molecule has 3 aromatic rings. The summed E-state index contributed by atoms with van der Waals surface area (Å²) >= 11 is 6.93. The Morgan fingerprint density at radius 1 is 1.31 bits per heavy atom. The third kappa shape index (κ3) is 3.02. The van der Waals surface area contributed by atoms with Crippen LogP contribution in [0.3, 0.4) is 0 Å². The van der Waals surface area contributed by atoms with E-state index in [2.05, 4.69) is 20.5 Å². The van der Waals surface area contributed by atoms with Gasteiger partial charge >= 0.3 is 0 Å². The van der Waals surface area contributed by atoms with Gasteiger partial charge in [0.25, 0.3) is 5.91 Å². The molecule has 8 nitrogen and oxygen atoms in total. The van der Waals surface area contributed by atoms with Crippen molar-refractivity contribution in [3.8, 4) is 11.1 Å². The molecule has 32 heavy (non-hydrogen) atoms. The molecular formula is C22H23ClFN7O. The van der Waals surface area contributed by atoms with Gasteiger partial charge in [0.15, 0.2) is 0 Å². The van der Waals surface area contributed by atoms with Gasteiger partial charge < -0.3 is 16.0 Å². The number of fused-ring (bicyclic) bond motifs is 2. The fourth-order valence-electron chi connectivity index (χ4n) is 4.97. The number of nitrogens with two attached hydrogens (primary N) is 1. The van der Waals surface area contributed by atoms with Crippen LogP contribution in [0.5, 0.6) is 0 Å². The van der Waals surface area contributed by atoms with Crippen LogP contribution in [-0.2, 0) is 5.41 Å². The zero-order valence-corrected chi connectivity index (χ0v) is 18.5. The normalized spacial score (nSPS) is 21.6. The molecule has 2 aliphatic rings. The largest absolute Gasteiger partial charge is 0.398 e. The first-order chi connectivity index (χ1) is 15.3. The van der Waals surface area contributed by atoms with Crippen LogP contribution in [0.1, 0.15) is 41.2 Å². The average molecular weight is 456 g/mol. The lowest BCUT2D eigenvalue weighted by molar-refractivity contribution is 0.0824. The fourth-order valence-corrected chi connectivity index (χ4v) is 5.41. The molecule has 0 radical (unpaired) electrons. The smallest absolute Gasteiger partial charge is 0.258 e. The van der Waals surface area contributed by atoms with E-state index in [0.717, 1.165) is 24.8 Å².